The number of rotatable bonds is 10. The molecule has 4 rings (SSSR count). The highest BCUT2D eigenvalue weighted by atomic mass is 35.5. The molecular formula is C33H39ClN2O3. The summed E-state index contributed by atoms with van der Waals surface area (Å²) in [5.41, 5.74) is 3.11. The van der Waals surface area contributed by atoms with Crippen molar-refractivity contribution in [3.05, 3.63) is 101 Å². The number of halogens is 1. The number of benzene rings is 3. The molecule has 1 N–H and O–H groups in total. The lowest BCUT2D eigenvalue weighted by atomic mass is 9.87. The molecule has 39 heavy (non-hydrogen) atoms. The maximum Gasteiger partial charge on any atom is 0.261 e. The molecule has 0 aromatic heterocycles. The molecule has 206 valence electrons. The minimum Gasteiger partial charge on any atom is -0.484 e. The Bertz CT molecular complexity index is 1210. The second-order valence-corrected chi connectivity index (χ2v) is 11.8. The van der Waals surface area contributed by atoms with E-state index in [1.807, 2.05) is 66.7 Å². The van der Waals surface area contributed by atoms with Gasteiger partial charge in [-0.1, -0.05) is 99.8 Å². The summed E-state index contributed by atoms with van der Waals surface area (Å²) in [6.07, 6.45) is 4.59. The third-order valence-electron chi connectivity index (χ3n) is 7.32. The van der Waals surface area contributed by atoms with E-state index in [0.717, 1.165) is 36.8 Å². The van der Waals surface area contributed by atoms with Gasteiger partial charge in [0.1, 0.15) is 11.8 Å². The van der Waals surface area contributed by atoms with Crippen LogP contribution in [-0.2, 0) is 28.0 Å². The Morgan fingerprint density at radius 3 is 2.18 bits per heavy atom. The van der Waals surface area contributed by atoms with Gasteiger partial charge in [-0.25, -0.2) is 0 Å². The third-order valence-corrected chi connectivity index (χ3v) is 7.57. The molecule has 1 atom stereocenters. The molecule has 0 aliphatic heterocycles. The Kier molecular flexibility index (Phi) is 9.68. The number of carbonyl (C=O) groups is 2. The molecule has 2 amide bonds. The fourth-order valence-electron chi connectivity index (χ4n) is 4.99. The summed E-state index contributed by atoms with van der Waals surface area (Å²) < 4.78 is 5.94. The van der Waals surface area contributed by atoms with Gasteiger partial charge < -0.3 is 15.0 Å². The number of nitrogens with zero attached hydrogens (tertiary/aromatic N) is 1. The number of hydrogen-bond donors (Lipinski definition) is 1. The average molecular weight is 547 g/mol. The molecule has 0 radical (unpaired) electrons. The molecule has 1 aliphatic carbocycles. The SMILES string of the molecule is CC(C)(C)c1ccc(OCC(=O)N(Cc2ccc(Cl)cc2)[C@H](Cc2ccccc2)C(=O)NC2CCCC2)cc1. The first-order valence-corrected chi connectivity index (χ1v) is 14.2. The van der Waals surface area contributed by atoms with E-state index in [9.17, 15) is 9.59 Å². The molecule has 0 heterocycles. The van der Waals surface area contributed by atoms with Crippen LogP contribution in [0.1, 0.15) is 63.1 Å². The van der Waals surface area contributed by atoms with Gasteiger partial charge >= 0.3 is 0 Å². The van der Waals surface area contributed by atoms with E-state index in [1.54, 1.807) is 17.0 Å². The molecule has 1 fully saturated rings. The molecular weight excluding hydrogens is 508 g/mol. The molecule has 3 aromatic rings. The highest BCUT2D eigenvalue weighted by Crippen LogP contribution is 2.25. The van der Waals surface area contributed by atoms with E-state index in [-0.39, 0.29) is 36.4 Å². The van der Waals surface area contributed by atoms with Gasteiger partial charge in [0, 0.05) is 24.0 Å². The lowest BCUT2D eigenvalue weighted by molar-refractivity contribution is -0.143. The van der Waals surface area contributed by atoms with E-state index >= 15 is 0 Å². The van der Waals surface area contributed by atoms with Gasteiger partial charge in [0.2, 0.25) is 5.91 Å². The summed E-state index contributed by atoms with van der Waals surface area (Å²) >= 11 is 6.12. The third kappa shape index (κ3) is 8.34. The maximum atomic E-state index is 13.8. The molecule has 0 spiro atoms. The first-order chi connectivity index (χ1) is 18.7. The van der Waals surface area contributed by atoms with Gasteiger partial charge in [0.05, 0.1) is 0 Å². The fourth-order valence-corrected chi connectivity index (χ4v) is 5.11. The number of hydrogen-bond acceptors (Lipinski definition) is 3. The smallest absolute Gasteiger partial charge is 0.261 e. The Balaban J connectivity index is 1.58. The van der Waals surface area contributed by atoms with Crippen molar-refractivity contribution in [1.82, 2.24) is 10.2 Å². The second kappa shape index (κ2) is 13.2. The quantitative estimate of drug-likeness (QED) is 0.307. The largest absolute Gasteiger partial charge is 0.484 e. The summed E-state index contributed by atoms with van der Waals surface area (Å²) in [5.74, 6) is 0.257. The zero-order chi connectivity index (χ0) is 27.8. The Morgan fingerprint density at radius 2 is 1.56 bits per heavy atom. The first kappa shape index (κ1) is 28.7. The number of ether oxygens (including phenoxy) is 1. The summed E-state index contributed by atoms with van der Waals surface area (Å²) in [6, 6.07) is 24.6. The van der Waals surface area contributed by atoms with Crippen LogP contribution in [0, 0.1) is 0 Å². The minimum atomic E-state index is -0.678. The standard InChI is InChI=1S/C33H39ClN2O3/c1-33(2,3)26-15-19-29(20-16-26)39-23-31(37)36(22-25-13-17-27(34)18-14-25)30(21-24-9-5-4-6-10-24)32(38)35-28-11-7-8-12-28/h4-6,9-10,13-20,28,30H,7-8,11-12,21-23H2,1-3H3,(H,35,38)/t30-/m1/s1. The van der Waals surface area contributed by atoms with Gasteiger partial charge in [-0.3, -0.25) is 9.59 Å². The lowest BCUT2D eigenvalue weighted by Gasteiger charge is -2.32. The van der Waals surface area contributed by atoms with Crippen LogP contribution in [-0.4, -0.2) is 35.4 Å². The zero-order valence-corrected chi connectivity index (χ0v) is 23.9. The molecule has 1 aliphatic rings. The Hall–Kier alpha value is -3.31. The van der Waals surface area contributed by atoms with Gasteiger partial charge in [-0.2, -0.15) is 0 Å². The lowest BCUT2D eigenvalue weighted by Crippen LogP contribution is -2.53. The van der Waals surface area contributed by atoms with Crippen molar-refractivity contribution in [3.63, 3.8) is 0 Å². The second-order valence-electron chi connectivity index (χ2n) is 11.4. The number of nitrogens with one attached hydrogen (secondary N) is 1. The molecule has 0 bridgehead atoms. The van der Waals surface area contributed by atoms with Crippen molar-refractivity contribution in [2.45, 2.75) is 76.9 Å². The van der Waals surface area contributed by atoms with Crippen molar-refractivity contribution in [2.75, 3.05) is 6.61 Å². The van der Waals surface area contributed by atoms with Gasteiger partial charge in [0.25, 0.3) is 5.91 Å². The Labute approximate surface area is 237 Å². The predicted molar refractivity (Wildman–Crippen MR) is 157 cm³/mol. The zero-order valence-electron chi connectivity index (χ0n) is 23.2. The van der Waals surface area contributed by atoms with Crippen LogP contribution in [0.3, 0.4) is 0 Å². The van der Waals surface area contributed by atoms with Crippen LogP contribution in [0.25, 0.3) is 0 Å². The highest BCUT2D eigenvalue weighted by molar-refractivity contribution is 6.30. The van der Waals surface area contributed by atoms with Gasteiger partial charge in [-0.05, 0) is 59.2 Å². The first-order valence-electron chi connectivity index (χ1n) is 13.8. The summed E-state index contributed by atoms with van der Waals surface area (Å²) in [6.45, 7) is 6.59. The van der Waals surface area contributed by atoms with Crippen LogP contribution in [0.4, 0.5) is 0 Å². The van der Waals surface area contributed by atoms with Crippen molar-refractivity contribution >= 4 is 23.4 Å². The summed E-state index contributed by atoms with van der Waals surface area (Å²) in [4.78, 5) is 29.2. The van der Waals surface area contributed by atoms with E-state index in [1.165, 1.54) is 5.56 Å². The number of amides is 2. The van der Waals surface area contributed by atoms with E-state index in [0.29, 0.717) is 17.2 Å². The van der Waals surface area contributed by atoms with Crippen LogP contribution in [0.15, 0.2) is 78.9 Å². The minimum absolute atomic E-state index is 0.0288. The van der Waals surface area contributed by atoms with Crippen LogP contribution >= 0.6 is 11.6 Å². The highest BCUT2D eigenvalue weighted by Gasteiger charge is 2.32. The van der Waals surface area contributed by atoms with Crippen LogP contribution in [0.5, 0.6) is 5.75 Å². The van der Waals surface area contributed by atoms with Crippen molar-refractivity contribution in [1.29, 1.82) is 0 Å². The molecule has 6 heteroatoms. The maximum absolute atomic E-state index is 13.8. The van der Waals surface area contributed by atoms with Crippen molar-refractivity contribution < 1.29 is 14.3 Å². The predicted octanol–water partition coefficient (Wildman–Crippen LogP) is 6.72. The molecule has 3 aromatic carbocycles. The van der Waals surface area contributed by atoms with E-state index in [2.05, 4.69) is 26.1 Å². The molecule has 1 saturated carbocycles. The van der Waals surface area contributed by atoms with Crippen molar-refractivity contribution in [3.8, 4) is 5.75 Å². The topological polar surface area (TPSA) is 58.6 Å². The fraction of sp³-hybridized carbons (Fsp3) is 0.394. The average Bonchev–Trinajstić information content (AvgIpc) is 3.43. The van der Waals surface area contributed by atoms with E-state index < -0.39 is 6.04 Å². The van der Waals surface area contributed by atoms with Crippen molar-refractivity contribution in [2.24, 2.45) is 0 Å². The monoisotopic (exact) mass is 546 g/mol. The molecule has 5 nitrogen and oxygen atoms in total. The van der Waals surface area contributed by atoms with Gasteiger partial charge in [0.15, 0.2) is 6.61 Å². The van der Waals surface area contributed by atoms with Crippen LogP contribution in [0.2, 0.25) is 5.02 Å². The normalized spacial score (nSPS) is 14.6. The summed E-state index contributed by atoms with van der Waals surface area (Å²) in [5, 5.41) is 3.85. The Morgan fingerprint density at radius 1 is 0.923 bits per heavy atom. The molecule has 0 unspecified atom stereocenters. The van der Waals surface area contributed by atoms with Gasteiger partial charge in [-0.15, -0.1) is 0 Å². The summed E-state index contributed by atoms with van der Waals surface area (Å²) in [7, 11) is 0. The molecule has 0 saturated heterocycles. The van der Waals surface area contributed by atoms with Crippen LogP contribution < -0.4 is 10.1 Å². The van der Waals surface area contributed by atoms with E-state index in [4.69, 9.17) is 16.3 Å². The number of carbonyl (C=O) groups excluding carboxylic acids is 2.